The average molecular weight is 457 g/mol. The molecule has 0 bridgehead atoms. The zero-order chi connectivity index (χ0) is 22.7. The second kappa shape index (κ2) is 7.15. The highest BCUT2D eigenvalue weighted by atomic mass is 19.4. The van der Waals surface area contributed by atoms with Gasteiger partial charge in [-0.25, -0.2) is 9.50 Å². The van der Waals surface area contributed by atoms with Gasteiger partial charge >= 0.3 is 18.0 Å². The lowest BCUT2D eigenvalue weighted by molar-refractivity contribution is -0.142. The second-order valence-corrected chi connectivity index (χ2v) is 8.31. The van der Waals surface area contributed by atoms with Crippen LogP contribution < -0.4 is 0 Å². The molecule has 1 aliphatic carbocycles. The monoisotopic (exact) mass is 457 g/mol. The molecule has 12 heteroatoms. The van der Waals surface area contributed by atoms with Gasteiger partial charge in [-0.15, -0.1) is 10.2 Å². The number of aromatic amines is 1. The lowest BCUT2D eigenvalue weighted by Gasteiger charge is -2.32. The van der Waals surface area contributed by atoms with E-state index in [2.05, 4.69) is 25.3 Å². The van der Waals surface area contributed by atoms with E-state index in [-0.39, 0.29) is 23.0 Å². The van der Waals surface area contributed by atoms with Gasteiger partial charge in [-0.3, -0.25) is 4.79 Å². The molecule has 0 aromatic carbocycles. The van der Waals surface area contributed by atoms with Gasteiger partial charge in [-0.05, 0) is 31.0 Å². The van der Waals surface area contributed by atoms with E-state index in [1.165, 1.54) is 29.4 Å². The van der Waals surface area contributed by atoms with Crippen LogP contribution in [-0.4, -0.2) is 47.1 Å². The summed E-state index contributed by atoms with van der Waals surface area (Å²) in [6.07, 6.45) is 0.403. The van der Waals surface area contributed by atoms with Gasteiger partial charge in [0.05, 0.1) is 23.2 Å². The van der Waals surface area contributed by atoms with E-state index in [1.807, 2.05) is 0 Å². The fourth-order valence-electron chi connectivity index (χ4n) is 4.44. The van der Waals surface area contributed by atoms with Crippen LogP contribution in [0, 0.1) is 0 Å². The molecule has 1 amide bonds. The van der Waals surface area contributed by atoms with Gasteiger partial charge in [0, 0.05) is 24.6 Å². The number of nitrogens with one attached hydrogen (secondary N) is 1. The highest BCUT2D eigenvalue weighted by Gasteiger charge is 2.40. The van der Waals surface area contributed by atoms with Crippen molar-refractivity contribution in [1.82, 2.24) is 34.7 Å². The summed E-state index contributed by atoms with van der Waals surface area (Å²) in [5.41, 5.74) is 0.971. The van der Waals surface area contributed by atoms with Crippen LogP contribution in [0.15, 0.2) is 35.0 Å². The Labute approximate surface area is 184 Å². The highest BCUT2D eigenvalue weighted by Crippen LogP contribution is 2.38. The van der Waals surface area contributed by atoms with E-state index in [9.17, 15) is 18.0 Å². The van der Waals surface area contributed by atoms with E-state index in [0.29, 0.717) is 24.6 Å². The number of alkyl halides is 3. The summed E-state index contributed by atoms with van der Waals surface area (Å²) in [6, 6.07) is 4.57. The van der Waals surface area contributed by atoms with E-state index in [1.54, 1.807) is 0 Å². The van der Waals surface area contributed by atoms with Gasteiger partial charge in [0.1, 0.15) is 11.7 Å². The van der Waals surface area contributed by atoms with Crippen molar-refractivity contribution in [3.63, 3.8) is 0 Å². The summed E-state index contributed by atoms with van der Waals surface area (Å²) in [7, 11) is 0. The summed E-state index contributed by atoms with van der Waals surface area (Å²) < 4.78 is 47.1. The molecule has 1 fully saturated rings. The van der Waals surface area contributed by atoms with Crippen LogP contribution >= 0.6 is 0 Å². The molecule has 1 saturated carbocycles. The fourth-order valence-corrected chi connectivity index (χ4v) is 4.44. The van der Waals surface area contributed by atoms with Crippen molar-refractivity contribution >= 4 is 11.4 Å². The number of amides is 1. The molecule has 33 heavy (non-hydrogen) atoms. The van der Waals surface area contributed by atoms with Gasteiger partial charge in [0.25, 0.3) is 0 Å². The Balaban J connectivity index is 1.42. The minimum absolute atomic E-state index is 0.138. The van der Waals surface area contributed by atoms with Crippen LogP contribution in [-0.2, 0) is 12.6 Å². The zero-order valence-electron chi connectivity index (χ0n) is 17.2. The normalized spacial score (nSPS) is 19.0. The molecule has 4 aromatic heterocycles. The van der Waals surface area contributed by atoms with E-state index in [4.69, 9.17) is 4.42 Å². The quantitative estimate of drug-likeness (QED) is 0.505. The van der Waals surface area contributed by atoms with Gasteiger partial charge in [-0.2, -0.15) is 18.3 Å². The molecule has 0 unspecified atom stereocenters. The number of rotatable bonds is 3. The topological polar surface area (TPSA) is 105 Å². The Bertz CT molecular complexity index is 1350. The first-order valence-electron chi connectivity index (χ1n) is 10.6. The Morgan fingerprint density at radius 3 is 2.82 bits per heavy atom. The summed E-state index contributed by atoms with van der Waals surface area (Å²) in [5, 5.41) is 12.2. The average Bonchev–Trinajstić information content (AvgIpc) is 3.48. The number of nitrogens with zero attached hydrogens (tertiary/aromatic N) is 6. The smallest absolute Gasteiger partial charge is 0.417 e. The first-order chi connectivity index (χ1) is 15.9. The molecule has 1 atom stereocenters. The predicted molar refractivity (Wildman–Crippen MR) is 106 cm³/mol. The summed E-state index contributed by atoms with van der Waals surface area (Å²) in [5.74, 6) is -0.0185. The van der Waals surface area contributed by atoms with Crippen LogP contribution in [0.2, 0.25) is 0 Å². The van der Waals surface area contributed by atoms with Gasteiger partial charge in [-0.1, -0.05) is 12.5 Å². The Morgan fingerprint density at radius 1 is 1.21 bits per heavy atom. The third kappa shape index (κ3) is 3.19. The summed E-state index contributed by atoms with van der Waals surface area (Å²) in [6.45, 7) is 0.292. The maximum Gasteiger partial charge on any atom is 0.433 e. The molecule has 9 nitrogen and oxygen atoms in total. The second-order valence-electron chi connectivity index (χ2n) is 8.31. The predicted octanol–water partition coefficient (Wildman–Crippen LogP) is 3.51. The van der Waals surface area contributed by atoms with Crippen molar-refractivity contribution in [1.29, 1.82) is 0 Å². The number of hydrogen-bond acceptors (Lipinski definition) is 6. The Morgan fingerprint density at radius 2 is 2.06 bits per heavy atom. The molecule has 5 heterocycles. The number of hydrogen-bond donors (Lipinski definition) is 1. The highest BCUT2D eigenvalue weighted by molar-refractivity contribution is 5.90. The maximum atomic E-state index is 13.5. The maximum absolute atomic E-state index is 13.5. The van der Waals surface area contributed by atoms with Crippen LogP contribution in [0.4, 0.5) is 13.2 Å². The molecule has 4 aromatic rings. The number of pyridine rings is 1. The molecule has 1 N–H and O–H groups in total. The zero-order valence-corrected chi connectivity index (χ0v) is 17.2. The Hall–Kier alpha value is -3.70. The van der Waals surface area contributed by atoms with Crippen molar-refractivity contribution in [3.8, 4) is 0 Å². The first kappa shape index (κ1) is 19.9. The number of aromatic nitrogens is 6. The lowest BCUT2D eigenvalue weighted by Crippen LogP contribution is -2.41. The standard InChI is InChI=1S/C21H18F3N7O2/c22-21(23,24)15-6-2-5-12-9-14(29-31(12)15)17-16-13(25-10-26-16)7-8-30(17)20(32)19-28-27-18(33-19)11-3-1-4-11/h2,5-6,9-11,17H,1,3-4,7-8H2,(H,25,26)/t17-/m0/s1. The number of H-pyrrole nitrogens is 1. The van der Waals surface area contributed by atoms with Crippen LogP contribution in [0.5, 0.6) is 0 Å². The number of halogens is 3. The molecule has 0 spiro atoms. The minimum Gasteiger partial charge on any atom is -0.417 e. The van der Waals surface area contributed by atoms with Crippen molar-refractivity contribution < 1.29 is 22.4 Å². The number of imidazole rings is 1. The SMILES string of the molecule is O=C(c1nnc(C2CCC2)o1)N1CCc2[nH]cnc2[C@@H]1c1cc2cccc(C(F)(F)F)n2n1. The van der Waals surface area contributed by atoms with Crippen LogP contribution in [0.25, 0.3) is 5.52 Å². The Kier molecular flexibility index (Phi) is 4.32. The first-order valence-corrected chi connectivity index (χ1v) is 10.6. The van der Waals surface area contributed by atoms with Crippen molar-refractivity contribution in [2.45, 2.75) is 43.8 Å². The van der Waals surface area contributed by atoms with Crippen molar-refractivity contribution in [2.75, 3.05) is 6.54 Å². The largest absolute Gasteiger partial charge is 0.433 e. The van der Waals surface area contributed by atoms with Crippen LogP contribution in [0.3, 0.4) is 0 Å². The lowest BCUT2D eigenvalue weighted by atomic mass is 9.85. The van der Waals surface area contributed by atoms with Gasteiger partial charge in [0.15, 0.2) is 0 Å². The summed E-state index contributed by atoms with van der Waals surface area (Å²) in [4.78, 5) is 22.3. The third-order valence-electron chi connectivity index (χ3n) is 6.34. The van der Waals surface area contributed by atoms with Crippen molar-refractivity contribution in [3.05, 3.63) is 65.1 Å². The van der Waals surface area contributed by atoms with Gasteiger partial charge in [0.2, 0.25) is 5.89 Å². The number of carbonyl (C=O) groups is 1. The molecule has 2 aliphatic rings. The molecular formula is C21H18F3N7O2. The van der Waals surface area contributed by atoms with Gasteiger partial charge < -0.3 is 14.3 Å². The number of fused-ring (bicyclic) bond motifs is 2. The summed E-state index contributed by atoms with van der Waals surface area (Å²) >= 11 is 0. The molecule has 0 radical (unpaired) electrons. The van der Waals surface area contributed by atoms with Crippen LogP contribution in [0.1, 0.15) is 70.6 Å². The molecule has 6 rings (SSSR count). The number of carbonyl (C=O) groups excluding carboxylic acids is 1. The van der Waals surface area contributed by atoms with Crippen molar-refractivity contribution in [2.24, 2.45) is 0 Å². The fraction of sp³-hybridized carbons (Fsp3) is 0.381. The molecule has 0 saturated heterocycles. The minimum atomic E-state index is -4.58. The molecular weight excluding hydrogens is 439 g/mol. The van der Waals surface area contributed by atoms with E-state index < -0.39 is 23.8 Å². The van der Waals surface area contributed by atoms with E-state index in [0.717, 1.165) is 35.5 Å². The molecule has 1 aliphatic heterocycles. The molecule has 170 valence electrons. The third-order valence-corrected chi connectivity index (χ3v) is 6.34. The van der Waals surface area contributed by atoms with E-state index >= 15 is 0 Å².